The lowest BCUT2D eigenvalue weighted by atomic mass is 9.93. The molecule has 6 heteroatoms. The number of anilines is 3. The van der Waals surface area contributed by atoms with Crippen LogP contribution in [0.15, 0.2) is 67.0 Å². The van der Waals surface area contributed by atoms with Gasteiger partial charge in [-0.25, -0.2) is 4.98 Å². The number of fused-ring (bicyclic) bond motifs is 1. The van der Waals surface area contributed by atoms with Crippen molar-refractivity contribution in [3.8, 4) is 5.75 Å². The Morgan fingerprint density at radius 3 is 2.52 bits per heavy atom. The highest BCUT2D eigenvalue weighted by Crippen LogP contribution is 2.33. The van der Waals surface area contributed by atoms with Crippen molar-refractivity contribution in [2.24, 2.45) is 0 Å². The summed E-state index contributed by atoms with van der Waals surface area (Å²) in [5.74, 6) is 1.73. The molecule has 6 nitrogen and oxygen atoms in total. The maximum atomic E-state index is 5.45. The molecule has 1 fully saturated rings. The van der Waals surface area contributed by atoms with E-state index in [4.69, 9.17) is 9.47 Å². The van der Waals surface area contributed by atoms with Crippen molar-refractivity contribution in [2.75, 3.05) is 43.6 Å². The van der Waals surface area contributed by atoms with Gasteiger partial charge in [-0.1, -0.05) is 12.1 Å². The van der Waals surface area contributed by atoms with Crippen LogP contribution < -0.4 is 20.3 Å². The minimum atomic E-state index is 0.733. The summed E-state index contributed by atoms with van der Waals surface area (Å²) in [5.41, 5.74) is 6.89. The van der Waals surface area contributed by atoms with Crippen LogP contribution in [0.3, 0.4) is 0 Å². The Balaban J connectivity index is 1.38. The lowest BCUT2D eigenvalue weighted by molar-refractivity contribution is 0.122. The van der Waals surface area contributed by atoms with E-state index in [1.54, 1.807) is 7.11 Å². The van der Waals surface area contributed by atoms with Gasteiger partial charge < -0.3 is 25.0 Å². The predicted octanol–water partition coefficient (Wildman–Crippen LogP) is 4.16. The average Bonchev–Trinajstić information content (AvgIpc) is 2.85. The quantitative estimate of drug-likeness (QED) is 0.654. The standard InChI is InChI=1S/C25H26N4O2/c1-30-21-8-2-18(3-9-21)23-16-26-17-24-22(23)10-11-27-25(24)28-19-4-6-20(7-5-19)29-12-14-31-15-13-29/h2-11,16,26H,12-15,17H2,1H3,(H,27,28). The van der Waals surface area contributed by atoms with Gasteiger partial charge in [-0.2, -0.15) is 0 Å². The third-order valence-electron chi connectivity index (χ3n) is 5.78. The van der Waals surface area contributed by atoms with E-state index in [0.29, 0.717) is 0 Å². The molecule has 2 aliphatic heterocycles. The van der Waals surface area contributed by atoms with Gasteiger partial charge in [0.2, 0.25) is 0 Å². The predicted molar refractivity (Wildman–Crippen MR) is 124 cm³/mol. The average molecular weight is 415 g/mol. The molecule has 0 aliphatic carbocycles. The molecule has 2 N–H and O–H groups in total. The number of nitrogens with zero attached hydrogens (tertiary/aromatic N) is 2. The first kappa shape index (κ1) is 19.5. The van der Waals surface area contributed by atoms with Crippen LogP contribution >= 0.6 is 0 Å². The van der Waals surface area contributed by atoms with Crippen LogP contribution in [0.2, 0.25) is 0 Å². The van der Waals surface area contributed by atoms with E-state index >= 15 is 0 Å². The highest BCUT2D eigenvalue weighted by molar-refractivity contribution is 5.84. The largest absolute Gasteiger partial charge is 0.497 e. The molecule has 0 amide bonds. The van der Waals surface area contributed by atoms with Crippen LogP contribution in [0.4, 0.5) is 17.2 Å². The lowest BCUT2D eigenvalue weighted by Gasteiger charge is -2.29. The summed E-state index contributed by atoms with van der Waals surface area (Å²) in [7, 11) is 1.68. The maximum absolute atomic E-state index is 5.45. The number of ether oxygens (including phenoxy) is 2. The van der Waals surface area contributed by atoms with E-state index in [9.17, 15) is 0 Å². The number of morpholine rings is 1. The van der Waals surface area contributed by atoms with Crippen LogP contribution in [-0.2, 0) is 11.3 Å². The minimum absolute atomic E-state index is 0.733. The Hall–Kier alpha value is -3.51. The first-order valence-corrected chi connectivity index (χ1v) is 10.6. The monoisotopic (exact) mass is 414 g/mol. The second kappa shape index (κ2) is 8.70. The molecule has 0 radical (unpaired) electrons. The van der Waals surface area contributed by atoms with Crippen LogP contribution in [0, 0.1) is 0 Å². The zero-order valence-corrected chi connectivity index (χ0v) is 17.6. The molecule has 2 aliphatic rings. The topological polar surface area (TPSA) is 58.7 Å². The van der Waals surface area contributed by atoms with Crippen LogP contribution in [0.5, 0.6) is 5.75 Å². The fourth-order valence-corrected chi connectivity index (χ4v) is 4.09. The van der Waals surface area contributed by atoms with Gasteiger partial charge in [-0.05, 0) is 53.6 Å². The maximum Gasteiger partial charge on any atom is 0.135 e. The van der Waals surface area contributed by atoms with E-state index in [1.807, 2.05) is 18.3 Å². The summed E-state index contributed by atoms with van der Waals surface area (Å²) >= 11 is 0. The molecular formula is C25H26N4O2. The number of pyridine rings is 1. The molecule has 1 aromatic heterocycles. The summed E-state index contributed by atoms with van der Waals surface area (Å²) in [4.78, 5) is 6.98. The summed E-state index contributed by atoms with van der Waals surface area (Å²) in [6.07, 6.45) is 3.94. The van der Waals surface area contributed by atoms with Crippen molar-refractivity contribution in [1.29, 1.82) is 0 Å². The number of hydrogen-bond acceptors (Lipinski definition) is 6. The van der Waals surface area contributed by atoms with Gasteiger partial charge in [0.1, 0.15) is 11.6 Å². The zero-order chi connectivity index (χ0) is 21.0. The zero-order valence-electron chi connectivity index (χ0n) is 17.6. The number of nitrogens with one attached hydrogen (secondary N) is 2. The van der Waals surface area contributed by atoms with Crippen LogP contribution in [0.1, 0.15) is 16.7 Å². The highest BCUT2D eigenvalue weighted by atomic mass is 16.5. The SMILES string of the molecule is COc1ccc(C2=CNCc3c2ccnc3Nc2ccc(N3CCOCC3)cc2)cc1. The van der Waals surface area contributed by atoms with Crippen molar-refractivity contribution in [1.82, 2.24) is 10.3 Å². The van der Waals surface area contributed by atoms with Crippen LogP contribution in [0.25, 0.3) is 5.57 Å². The first-order chi connectivity index (χ1) is 15.3. The molecule has 2 aromatic carbocycles. The van der Waals surface area contributed by atoms with Gasteiger partial charge in [0.05, 0.1) is 20.3 Å². The number of aromatic nitrogens is 1. The third kappa shape index (κ3) is 4.07. The lowest BCUT2D eigenvalue weighted by Crippen LogP contribution is -2.36. The number of methoxy groups -OCH3 is 1. The normalized spacial score (nSPS) is 15.5. The molecule has 0 unspecified atom stereocenters. The van der Waals surface area contributed by atoms with Gasteiger partial charge in [0.25, 0.3) is 0 Å². The van der Waals surface area contributed by atoms with E-state index in [-0.39, 0.29) is 0 Å². The molecular weight excluding hydrogens is 388 g/mol. The second-order valence-corrected chi connectivity index (χ2v) is 7.62. The van der Waals surface area contributed by atoms with Crippen molar-refractivity contribution < 1.29 is 9.47 Å². The van der Waals surface area contributed by atoms with E-state index in [2.05, 4.69) is 69.2 Å². The molecule has 0 saturated carbocycles. The number of benzene rings is 2. The van der Waals surface area contributed by atoms with Crippen molar-refractivity contribution >= 4 is 22.8 Å². The minimum Gasteiger partial charge on any atom is -0.497 e. The third-order valence-corrected chi connectivity index (χ3v) is 5.78. The Labute approximate surface area is 182 Å². The summed E-state index contributed by atoms with van der Waals surface area (Å²) in [5, 5.41) is 6.92. The van der Waals surface area contributed by atoms with Crippen molar-refractivity contribution in [2.45, 2.75) is 6.54 Å². The number of hydrogen-bond donors (Lipinski definition) is 2. The van der Waals surface area contributed by atoms with Gasteiger partial charge in [0, 0.05) is 54.5 Å². The summed E-state index contributed by atoms with van der Waals surface area (Å²) in [6, 6.07) is 18.8. The molecule has 0 bridgehead atoms. The Kier molecular flexibility index (Phi) is 5.46. The Bertz CT molecular complexity index is 1070. The smallest absolute Gasteiger partial charge is 0.135 e. The molecule has 3 heterocycles. The Morgan fingerprint density at radius 1 is 1.00 bits per heavy atom. The molecule has 158 valence electrons. The molecule has 0 spiro atoms. The fourth-order valence-electron chi connectivity index (χ4n) is 4.09. The van der Waals surface area contributed by atoms with E-state index in [0.717, 1.165) is 66.8 Å². The van der Waals surface area contributed by atoms with E-state index < -0.39 is 0 Å². The summed E-state index contributed by atoms with van der Waals surface area (Å²) in [6.45, 7) is 4.19. The summed E-state index contributed by atoms with van der Waals surface area (Å²) < 4.78 is 10.7. The number of rotatable bonds is 5. The highest BCUT2D eigenvalue weighted by Gasteiger charge is 2.18. The first-order valence-electron chi connectivity index (χ1n) is 10.6. The molecule has 3 aromatic rings. The van der Waals surface area contributed by atoms with Crippen molar-refractivity contribution in [3.63, 3.8) is 0 Å². The Morgan fingerprint density at radius 2 is 1.77 bits per heavy atom. The van der Waals surface area contributed by atoms with Crippen molar-refractivity contribution in [3.05, 3.63) is 83.7 Å². The van der Waals surface area contributed by atoms with E-state index in [1.165, 1.54) is 11.3 Å². The molecule has 31 heavy (non-hydrogen) atoms. The molecule has 0 atom stereocenters. The molecule has 5 rings (SSSR count). The van der Waals surface area contributed by atoms with Gasteiger partial charge in [0.15, 0.2) is 0 Å². The van der Waals surface area contributed by atoms with Gasteiger partial charge in [-0.15, -0.1) is 0 Å². The second-order valence-electron chi connectivity index (χ2n) is 7.62. The fraction of sp³-hybridized carbons (Fsp3) is 0.240. The van der Waals surface area contributed by atoms with Crippen LogP contribution in [-0.4, -0.2) is 38.4 Å². The van der Waals surface area contributed by atoms with Gasteiger partial charge >= 0.3 is 0 Å². The van der Waals surface area contributed by atoms with Gasteiger partial charge in [-0.3, -0.25) is 0 Å². The molecule has 1 saturated heterocycles.